The highest BCUT2D eigenvalue weighted by Gasteiger charge is 2.34. The van der Waals surface area contributed by atoms with E-state index in [4.69, 9.17) is 11.6 Å². The van der Waals surface area contributed by atoms with Crippen molar-refractivity contribution in [3.05, 3.63) is 65.5 Å². The van der Waals surface area contributed by atoms with Gasteiger partial charge >= 0.3 is 6.18 Å². The molecule has 0 aliphatic rings. The van der Waals surface area contributed by atoms with Crippen LogP contribution in [0.5, 0.6) is 0 Å². The summed E-state index contributed by atoms with van der Waals surface area (Å²) in [5.41, 5.74) is -0.722. The predicted molar refractivity (Wildman–Crippen MR) is 87.3 cm³/mol. The van der Waals surface area contributed by atoms with Crippen molar-refractivity contribution >= 4 is 28.9 Å². The standard InChI is InChI=1S/C16H13ClF3N3O/c1-2-5-22-12-6-10(8-21-9-12)15(24)23-14-4-3-11(17)7-13(14)16(18,19)20/h2-4,6-9,22H,1,5H2,(H,23,24). The highest BCUT2D eigenvalue weighted by atomic mass is 35.5. The average Bonchev–Trinajstić information content (AvgIpc) is 2.54. The van der Waals surface area contributed by atoms with Crippen LogP contribution >= 0.6 is 11.6 Å². The number of hydrogen-bond donors (Lipinski definition) is 2. The van der Waals surface area contributed by atoms with Crippen LogP contribution < -0.4 is 10.6 Å². The van der Waals surface area contributed by atoms with Crippen molar-refractivity contribution in [2.75, 3.05) is 17.2 Å². The summed E-state index contributed by atoms with van der Waals surface area (Å²) in [5, 5.41) is 5.11. The maximum absolute atomic E-state index is 13.0. The van der Waals surface area contributed by atoms with E-state index in [0.29, 0.717) is 12.2 Å². The van der Waals surface area contributed by atoms with E-state index in [2.05, 4.69) is 22.2 Å². The van der Waals surface area contributed by atoms with Gasteiger partial charge in [0.2, 0.25) is 0 Å². The number of carbonyl (C=O) groups is 1. The quantitative estimate of drug-likeness (QED) is 0.770. The third-order valence-electron chi connectivity index (χ3n) is 2.99. The Morgan fingerprint density at radius 1 is 1.29 bits per heavy atom. The van der Waals surface area contributed by atoms with Crippen molar-refractivity contribution < 1.29 is 18.0 Å². The molecule has 0 saturated heterocycles. The lowest BCUT2D eigenvalue weighted by molar-refractivity contribution is -0.136. The molecule has 0 bridgehead atoms. The minimum atomic E-state index is -4.64. The maximum Gasteiger partial charge on any atom is 0.418 e. The number of alkyl halides is 3. The number of rotatable bonds is 5. The Bertz CT molecular complexity index is 762. The van der Waals surface area contributed by atoms with E-state index in [-0.39, 0.29) is 16.3 Å². The number of nitrogens with zero attached hydrogens (tertiary/aromatic N) is 1. The molecule has 0 fully saturated rings. The fraction of sp³-hybridized carbons (Fsp3) is 0.125. The zero-order chi connectivity index (χ0) is 17.7. The van der Waals surface area contributed by atoms with Crippen LogP contribution in [0.25, 0.3) is 0 Å². The lowest BCUT2D eigenvalue weighted by Crippen LogP contribution is -2.17. The normalized spacial score (nSPS) is 11.0. The molecule has 0 unspecified atom stereocenters. The number of amides is 1. The summed E-state index contributed by atoms with van der Waals surface area (Å²) >= 11 is 5.61. The first-order valence-corrected chi connectivity index (χ1v) is 7.17. The van der Waals surface area contributed by atoms with Crippen molar-refractivity contribution in [2.45, 2.75) is 6.18 Å². The van der Waals surface area contributed by atoms with E-state index in [1.54, 1.807) is 6.08 Å². The van der Waals surface area contributed by atoms with Gasteiger partial charge in [-0.05, 0) is 24.3 Å². The lowest BCUT2D eigenvalue weighted by atomic mass is 10.1. The van der Waals surface area contributed by atoms with Crippen LogP contribution in [0.15, 0.2) is 49.3 Å². The van der Waals surface area contributed by atoms with Crippen LogP contribution in [-0.2, 0) is 6.18 Å². The number of hydrogen-bond acceptors (Lipinski definition) is 3. The average molecular weight is 356 g/mol. The number of pyridine rings is 1. The minimum Gasteiger partial charge on any atom is -0.380 e. The van der Waals surface area contributed by atoms with Crippen LogP contribution in [0.1, 0.15) is 15.9 Å². The zero-order valence-electron chi connectivity index (χ0n) is 12.3. The molecule has 4 nitrogen and oxygen atoms in total. The molecule has 0 radical (unpaired) electrons. The molecule has 1 amide bonds. The highest BCUT2D eigenvalue weighted by molar-refractivity contribution is 6.30. The number of nitrogens with one attached hydrogen (secondary N) is 2. The number of benzene rings is 1. The van der Waals surface area contributed by atoms with Crippen molar-refractivity contribution in [1.29, 1.82) is 0 Å². The van der Waals surface area contributed by atoms with Crippen molar-refractivity contribution in [2.24, 2.45) is 0 Å². The molecule has 1 heterocycles. The molecule has 2 N–H and O–H groups in total. The Balaban J connectivity index is 2.26. The molecule has 2 aromatic rings. The molecule has 8 heteroatoms. The summed E-state index contributed by atoms with van der Waals surface area (Å²) in [7, 11) is 0. The Morgan fingerprint density at radius 3 is 2.71 bits per heavy atom. The van der Waals surface area contributed by atoms with Crippen LogP contribution in [0.4, 0.5) is 24.5 Å². The predicted octanol–water partition coefficient (Wildman–Crippen LogP) is 4.60. The monoisotopic (exact) mass is 355 g/mol. The van der Waals surface area contributed by atoms with Gasteiger partial charge in [-0.2, -0.15) is 13.2 Å². The van der Waals surface area contributed by atoms with Gasteiger partial charge in [0.1, 0.15) is 0 Å². The van der Waals surface area contributed by atoms with Gasteiger partial charge in [0.25, 0.3) is 5.91 Å². The molecular weight excluding hydrogens is 343 g/mol. The van der Waals surface area contributed by atoms with E-state index >= 15 is 0 Å². The Kier molecular flexibility index (Phi) is 5.46. The van der Waals surface area contributed by atoms with E-state index in [9.17, 15) is 18.0 Å². The zero-order valence-corrected chi connectivity index (χ0v) is 13.1. The molecule has 0 saturated carbocycles. The summed E-state index contributed by atoms with van der Waals surface area (Å²) in [6, 6.07) is 4.62. The molecule has 126 valence electrons. The van der Waals surface area contributed by atoms with Gasteiger partial charge < -0.3 is 10.6 Å². The highest BCUT2D eigenvalue weighted by Crippen LogP contribution is 2.36. The van der Waals surface area contributed by atoms with Crippen LogP contribution in [0.3, 0.4) is 0 Å². The molecule has 2 rings (SSSR count). The second kappa shape index (κ2) is 7.35. The first-order chi connectivity index (χ1) is 11.3. The Labute approximate surface area is 141 Å². The fourth-order valence-corrected chi connectivity index (χ4v) is 2.08. The van der Waals surface area contributed by atoms with Crippen molar-refractivity contribution in [3.63, 3.8) is 0 Å². The smallest absolute Gasteiger partial charge is 0.380 e. The van der Waals surface area contributed by atoms with Crippen LogP contribution in [-0.4, -0.2) is 17.4 Å². The van der Waals surface area contributed by atoms with Gasteiger partial charge in [-0.1, -0.05) is 17.7 Å². The first kappa shape index (κ1) is 17.8. The van der Waals surface area contributed by atoms with E-state index < -0.39 is 17.6 Å². The van der Waals surface area contributed by atoms with Crippen LogP contribution in [0.2, 0.25) is 5.02 Å². The molecule has 0 aliphatic heterocycles. The van der Waals surface area contributed by atoms with Crippen molar-refractivity contribution in [1.82, 2.24) is 4.98 Å². The second-order valence-corrected chi connectivity index (χ2v) is 5.21. The Hall–Kier alpha value is -2.54. The van der Waals surface area contributed by atoms with Gasteiger partial charge in [0, 0.05) is 24.0 Å². The molecule has 1 aromatic carbocycles. The molecular formula is C16H13ClF3N3O. The topological polar surface area (TPSA) is 54.0 Å². The number of carbonyl (C=O) groups excluding carboxylic acids is 1. The Morgan fingerprint density at radius 2 is 2.04 bits per heavy atom. The molecule has 0 spiro atoms. The van der Waals surface area contributed by atoms with Gasteiger partial charge in [0.15, 0.2) is 0 Å². The van der Waals surface area contributed by atoms with Crippen LogP contribution in [0, 0.1) is 0 Å². The fourth-order valence-electron chi connectivity index (χ4n) is 1.91. The molecule has 24 heavy (non-hydrogen) atoms. The number of anilines is 2. The number of halogens is 4. The van der Waals surface area contributed by atoms with Gasteiger partial charge in [-0.25, -0.2) is 0 Å². The third kappa shape index (κ3) is 4.48. The molecule has 1 aromatic heterocycles. The van der Waals surface area contributed by atoms with Gasteiger partial charge in [-0.3, -0.25) is 9.78 Å². The maximum atomic E-state index is 13.0. The minimum absolute atomic E-state index is 0.0717. The van der Waals surface area contributed by atoms with Crippen molar-refractivity contribution in [3.8, 4) is 0 Å². The second-order valence-electron chi connectivity index (χ2n) is 4.77. The summed E-state index contributed by atoms with van der Waals surface area (Å²) in [6.07, 6.45) is -0.267. The summed E-state index contributed by atoms with van der Waals surface area (Å²) < 4.78 is 39.1. The van der Waals surface area contributed by atoms with Gasteiger partial charge in [0.05, 0.1) is 22.5 Å². The first-order valence-electron chi connectivity index (χ1n) is 6.79. The summed E-state index contributed by atoms with van der Waals surface area (Å²) in [6.45, 7) is 4.01. The van der Waals surface area contributed by atoms with E-state index in [1.807, 2.05) is 0 Å². The molecule has 0 aliphatic carbocycles. The summed E-state index contributed by atoms with van der Waals surface area (Å²) in [4.78, 5) is 16.1. The SMILES string of the molecule is C=CCNc1cncc(C(=O)Nc2ccc(Cl)cc2C(F)(F)F)c1. The lowest BCUT2D eigenvalue weighted by Gasteiger charge is -2.14. The van der Waals surface area contributed by atoms with E-state index in [1.165, 1.54) is 24.5 Å². The number of aromatic nitrogens is 1. The largest absolute Gasteiger partial charge is 0.418 e. The van der Waals surface area contributed by atoms with E-state index in [0.717, 1.165) is 12.1 Å². The molecule has 0 atom stereocenters. The van der Waals surface area contributed by atoms with Gasteiger partial charge in [-0.15, -0.1) is 6.58 Å². The summed E-state index contributed by atoms with van der Waals surface area (Å²) in [5.74, 6) is -0.711. The third-order valence-corrected chi connectivity index (χ3v) is 3.22.